The molecule has 0 aliphatic carbocycles. The Morgan fingerprint density at radius 2 is 2.00 bits per heavy atom. The molecule has 0 spiro atoms. The number of hydrazone groups is 1. The summed E-state index contributed by atoms with van der Waals surface area (Å²) in [7, 11) is 1.31. The van der Waals surface area contributed by atoms with E-state index in [1.807, 2.05) is 18.2 Å². The molecule has 13 heteroatoms. The number of nitrogen functional groups attached to an aromatic ring is 1. The zero-order valence-electron chi connectivity index (χ0n) is 19.9. The number of nitrogens with zero attached hydrogens (tertiary/aromatic N) is 7. The Kier molecular flexibility index (Phi) is 6.57. The number of hydrogen-bond acceptors (Lipinski definition) is 11. The predicted octanol–water partition coefficient (Wildman–Crippen LogP) is 1.74. The quantitative estimate of drug-likeness (QED) is 0.216. The lowest BCUT2D eigenvalue weighted by Crippen LogP contribution is -2.31. The normalized spacial score (nSPS) is 12.9. The number of nitrogens with one attached hydrogen (secondary N) is 1. The van der Waals surface area contributed by atoms with E-state index in [2.05, 4.69) is 46.9 Å². The third-order valence-corrected chi connectivity index (χ3v) is 5.93. The largest absolute Gasteiger partial charge is 0.465 e. The van der Waals surface area contributed by atoms with Gasteiger partial charge in [-0.15, -0.1) is 5.10 Å². The lowest BCUT2D eigenvalue weighted by Gasteiger charge is -2.31. The molecule has 13 nitrogen and oxygen atoms in total. The first-order valence-corrected chi connectivity index (χ1v) is 11.4. The first-order chi connectivity index (χ1) is 18.0. The minimum Gasteiger partial charge on any atom is -0.465 e. The molecular weight excluding hydrogens is 478 g/mol. The van der Waals surface area contributed by atoms with Crippen molar-refractivity contribution in [2.24, 2.45) is 5.10 Å². The number of carbonyl (C=O) groups excluding carboxylic acids is 2. The summed E-state index contributed by atoms with van der Waals surface area (Å²) in [4.78, 5) is 26.8. The van der Waals surface area contributed by atoms with E-state index >= 15 is 0 Å². The monoisotopic (exact) mass is 501 g/mol. The van der Waals surface area contributed by atoms with Crippen molar-refractivity contribution in [2.45, 2.75) is 19.4 Å². The molecule has 4 aromatic rings. The zero-order chi connectivity index (χ0) is 25.8. The van der Waals surface area contributed by atoms with E-state index in [1.54, 1.807) is 24.3 Å². The maximum Gasteiger partial charge on any atom is 0.337 e. The van der Waals surface area contributed by atoms with E-state index in [4.69, 9.17) is 10.4 Å². The number of para-hydroxylation sites is 1. The minimum absolute atomic E-state index is 0.0191. The van der Waals surface area contributed by atoms with Gasteiger partial charge in [0.15, 0.2) is 5.69 Å². The average Bonchev–Trinajstić information content (AvgIpc) is 3.54. The number of aromatic nitrogens is 5. The van der Waals surface area contributed by atoms with Crippen molar-refractivity contribution < 1.29 is 19.0 Å². The van der Waals surface area contributed by atoms with Gasteiger partial charge >= 0.3 is 5.97 Å². The molecule has 0 saturated carbocycles. The van der Waals surface area contributed by atoms with Crippen LogP contribution in [0.1, 0.15) is 44.1 Å². The Bertz CT molecular complexity index is 1460. The number of rotatable bonds is 7. The summed E-state index contributed by atoms with van der Waals surface area (Å²) in [6.07, 6.45) is 3.39. The van der Waals surface area contributed by atoms with E-state index < -0.39 is 11.9 Å². The lowest BCUT2D eigenvalue weighted by atomic mass is 10.0. The van der Waals surface area contributed by atoms with E-state index in [1.165, 1.54) is 23.6 Å². The topological polar surface area (TPSA) is 167 Å². The number of anilines is 2. The summed E-state index contributed by atoms with van der Waals surface area (Å²) in [6, 6.07) is 14.7. The van der Waals surface area contributed by atoms with Crippen LogP contribution in [0.5, 0.6) is 0 Å². The van der Waals surface area contributed by atoms with Crippen molar-refractivity contribution in [3.63, 3.8) is 0 Å². The summed E-state index contributed by atoms with van der Waals surface area (Å²) < 4.78 is 10.8. The SMILES string of the molecule is COC(=O)c1ccc(C=NNC(=O)c2nnn(-c3nonc3N)c2CN2CCCc3ccccc32)cc1. The van der Waals surface area contributed by atoms with Gasteiger partial charge in [-0.05, 0) is 52.5 Å². The minimum atomic E-state index is -0.566. The van der Waals surface area contributed by atoms with E-state index in [0.717, 1.165) is 25.1 Å². The van der Waals surface area contributed by atoms with E-state index in [-0.39, 0.29) is 17.3 Å². The molecule has 37 heavy (non-hydrogen) atoms. The molecule has 188 valence electrons. The summed E-state index contributed by atoms with van der Waals surface area (Å²) in [5.74, 6) is -0.845. The highest BCUT2D eigenvalue weighted by Crippen LogP contribution is 2.29. The molecule has 0 saturated heterocycles. The predicted molar refractivity (Wildman–Crippen MR) is 132 cm³/mol. The smallest absolute Gasteiger partial charge is 0.337 e. The molecule has 5 rings (SSSR count). The molecule has 3 heterocycles. The molecule has 1 aliphatic heterocycles. The van der Waals surface area contributed by atoms with Crippen molar-refractivity contribution in [3.8, 4) is 5.82 Å². The summed E-state index contributed by atoms with van der Waals surface area (Å²) in [5, 5.41) is 19.6. The number of carbonyl (C=O) groups is 2. The molecule has 3 N–H and O–H groups in total. The first-order valence-electron chi connectivity index (χ1n) is 11.4. The lowest BCUT2D eigenvalue weighted by molar-refractivity contribution is 0.0600. The zero-order valence-corrected chi connectivity index (χ0v) is 19.9. The van der Waals surface area contributed by atoms with Crippen molar-refractivity contribution in [1.29, 1.82) is 0 Å². The second-order valence-electron chi connectivity index (χ2n) is 8.24. The van der Waals surface area contributed by atoms with Crippen molar-refractivity contribution in [1.82, 2.24) is 30.7 Å². The second-order valence-corrected chi connectivity index (χ2v) is 8.24. The fraction of sp³-hybridized carbons (Fsp3) is 0.208. The van der Waals surface area contributed by atoms with Gasteiger partial charge < -0.3 is 15.4 Å². The molecule has 0 fully saturated rings. The van der Waals surface area contributed by atoms with Gasteiger partial charge in [-0.2, -0.15) is 9.78 Å². The third-order valence-electron chi connectivity index (χ3n) is 5.93. The number of fused-ring (bicyclic) bond motifs is 1. The number of hydrogen-bond donors (Lipinski definition) is 2. The molecule has 0 unspecified atom stereocenters. The van der Waals surface area contributed by atoms with Gasteiger partial charge in [-0.1, -0.05) is 35.5 Å². The third kappa shape index (κ3) is 4.87. The number of benzene rings is 2. The van der Waals surface area contributed by atoms with Crippen LogP contribution < -0.4 is 16.1 Å². The molecule has 2 aromatic carbocycles. The molecular formula is C24H23N9O4. The van der Waals surface area contributed by atoms with Crippen LogP contribution in [0.4, 0.5) is 11.5 Å². The molecule has 2 aromatic heterocycles. The molecule has 0 bridgehead atoms. The Balaban J connectivity index is 1.40. The number of methoxy groups -OCH3 is 1. The molecule has 0 atom stereocenters. The van der Waals surface area contributed by atoms with Gasteiger partial charge in [0, 0.05) is 12.2 Å². The van der Waals surface area contributed by atoms with E-state index in [9.17, 15) is 9.59 Å². The number of esters is 1. The molecule has 1 amide bonds. The van der Waals surface area contributed by atoms with Gasteiger partial charge in [0.25, 0.3) is 5.91 Å². The van der Waals surface area contributed by atoms with Gasteiger partial charge in [-0.3, -0.25) is 4.79 Å². The van der Waals surface area contributed by atoms with Gasteiger partial charge in [0.2, 0.25) is 11.6 Å². The summed E-state index contributed by atoms with van der Waals surface area (Å²) in [5.41, 5.74) is 12.3. The maximum absolute atomic E-state index is 13.1. The van der Waals surface area contributed by atoms with Gasteiger partial charge in [-0.25, -0.2) is 14.8 Å². The van der Waals surface area contributed by atoms with Crippen LogP contribution >= 0.6 is 0 Å². The van der Waals surface area contributed by atoms with Gasteiger partial charge in [0.1, 0.15) is 0 Å². The highest BCUT2D eigenvalue weighted by atomic mass is 16.6. The Hall–Kier alpha value is -5.07. The van der Waals surface area contributed by atoms with E-state index in [0.29, 0.717) is 23.4 Å². The van der Waals surface area contributed by atoms with Crippen LogP contribution in [-0.2, 0) is 17.7 Å². The summed E-state index contributed by atoms with van der Waals surface area (Å²) >= 11 is 0. The van der Waals surface area contributed by atoms with Crippen LogP contribution in [0.3, 0.4) is 0 Å². The standard InChI is InChI=1S/C24H23N9O4/c1-36-24(35)17-10-8-15(9-11-17)13-26-28-23(34)20-19(33(31-27-20)22-21(25)29-37-30-22)14-32-12-4-6-16-5-2-3-7-18(16)32/h2-3,5,7-11,13H,4,6,12,14H2,1H3,(H2,25,29)(H,28,34). The van der Waals surface area contributed by atoms with Crippen molar-refractivity contribution in [2.75, 3.05) is 24.3 Å². The molecule has 1 aliphatic rings. The number of nitrogens with two attached hydrogens (primary N) is 1. The van der Waals surface area contributed by atoms with Crippen LogP contribution in [0, 0.1) is 0 Å². The highest BCUT2D eigenvalue weighted by Gasteiger charge is 2.27. The average molecular weight is 502 g/mol. The Morgan fingerprint density at radius 3 is 2.76 bits per heavy atom. The first kappa shape index (κ1) is 23.7. The van der Waals surface area contributed by atoms with Crippen LogP contribution in [-0.4, -0.2) is 57.1 Å². The molecule has 0 radical (unpaired) electrons. The Labute approximate surface area is 210 Å². The fourth-order valence-electron chi connectivity index (χ4n) is 4.13. The van der Waals surface area contributed by atoms with Crippen LogP contribution in [0.25, 0.3) is 5.82 Å². The van der Waals surface area contributed by atoms with Gasteiger partial charge in [0.05, 0.1) is 31.1 Å². The number of aryl methyl sites for hydroxylation is 1. The van der Waals surface area contributed by atoms with Crippen molar-refractivity contribution in [3.05, 3.63) is 76.6 Å². The fourth-order valence-corrected chi connectivity index (χ4v) is 4.13. The second kappa shape index (κ2) is 10.3. The highest BCUT2D eigenvalue weighted by molar-refractivity contribution is 5.94. The number of ether oxygens (including phenoxy) is 1. The summed E-state index contributed by atoms with van der Waals surface area (Å²) in [6.45, 7) is 1.10. The number of amides is 1. The van der Waals surface area contributed by atoms with Crippen LogP contribution in [0.15, 0.2) is 58.3 Å². The van der Waals surface area contributed by atoms with Crippen molar-refractivity contribution >= 4 is 29.6 Å². The maximum atomic E-state index is 13.1. The van der Waals surface area contributed by atoms with Crippen LogP contribution in [0.2, 0.25) is 0 Å². The Morgan fingerprint density at radius 1 is 1.19 bits per heavy atom.